The van der Waals surface area contributed by atoms with E-state index in [1.54, 1.807) is 31.4 Å². The van der Waals surface area contributed by atoms with E-state index in [2.05, 4.69) is 19.2 Å². The molecule has 0 saturated carbocycles. The Morgan fingerprint density at radius 3 is 2.14 bits per heavy atom. The fourth-order valence-corrected chi connectivity index (χ4v) is 1.84. The number of nitrogens with one attached hydrogen (secondary N) is 1. The Balaban J connectivity index is 1.96. The average Bonchev–Trinajstić information content (AvgIpc) is 2.54. The molecule has 0 aliphatic rings. The van der Waals surface area contributed by atoms with Crippen LogP contribution in [0.1, 0.15) is 24.2 Å². The molecule has 2 rings (SSSR count). The summed E-state index contributed by atoms with van der Waals surface area (Å²) in [5.74, 6) is 1.85. The second-order valence-corrected chi connectivity index (χ2v) is 5.41. The summed E-state index contributed by atoms with van der Waals surface area (Å²) in [7, 11) is 1.60. The minimum Gasteiger partial charge on any atom is -0.497 e. The van der Waals surface area contributed by atoms with Crippen LogP contribution in [0.25, 0.3) is 0 Å². The third-order valence-corrected chi connectivity index (χ3v) is 3.05. The van der Waals surface area contributed by atoms with Crippen LogP contribution in [0.15, 0.2) is 48.5 Å². The Labute approximate surface area is 131 Å². The molecule has 0 unspecified atom stereocenters. The molecule has 0 saturated heterocycles. The van der Waals surface area contributed by atoms with Gasteiger partial charge in [0.15, 0.2) is 0 Å². The molecule has 0 aliphatic carbocycles. The van der Waals surface area contributed by atoms with Crippen molar-refractivity contribution in [3.8, 4) is 11.5 Å². The number of hydrogen-bond acceptors (Lipinski definition) is 3. The van der Waals surface area contributed by atoms with E-state index in [9.17, 15) is 4.79 Å². The van der Waals surface area contributed by atoms with Gasteiger partial charge in [-0.1, -0.05) is 13.8 Å². The topological polar surface area (TPSA) is 47.6 Å². The number of hydrogen-bond donors (Lipinski definition) is 1. The van der Waals surface area contributed by atoms with E-state index in [0.717, 1.165) is 17.2 Å². The van der Waals surface area contributed by atoms with Crippen LogP contribution in [0.4, 0.5) is 5.69 Å². The normalized spacial score (nSPS) is 10.4. The molecule has 2 aromatic rings. The van der Waals surface area contributed by atoms with Crippen molar-refractivity contribution in [3.05, 3.63) is 54.1 Å². The molecule has 0 aliphatic heterocycles. The van der Waals surface area contributed by atoms with Crippen molar-refractivity contribution < 1.29 is 14.3 Å². The van der Waals surface area contributed by atoms with Gasteiger partial charge in [0, 0.05) is 11.3 Å². The van der Waals surface area contributed by atoms with Crippen molar-refractivity contribution in [2.75, 3.05) is 19.0 Å². The summed E-state index contributed by atoms with van der Waals surface area (Å²) in [6.07, 6.45) is 0. The summed E-state index contributed by atoms with van der Waals surface area (Å²) < 4.78 is 10.7. The zero-order chi connectivity index (χ0) is 15.9. The number of anilines is 1. The predicted molar refractivity (Wildman–Crippen MR) is 87.7 cm³/mol. The maximum atomic E-state index is 12.1. The summed E-state index contributed by atoms with van der Waals surface area (Å²) in [6, 6.07) is 14.4. The molecule has 4 heteroatoms. The number of benzene rings is 2. The van der Waals surface area contributed by atoms with Gasteiger partial charge in [-0.3, -0.25) is 4.79 Å². The molecule has 0 heterocycles. The second kappa shape index (κ2) is 7.50. The van der Waals surface area contributed by atoms with Crippen LogP contribution in [0.3, 0.4) is 0 Å². The van der Waals surface area contributed by atoms with Gasteiger partial charge < -0.3 is 14.8 Å². The van der Waals surface area contributed by atoms with E-state index < -0.39 is 0 Å². The molecule has 0 atom stereocenters. The van der Waals surface area contributed by atoms with Crippen LogP contribution in [0.2, 0.25) is 0 Å². The van der Waals surface area contributed by atoms with E-state index >= 15 is 0 Å². The van der Waals surface area contributed by atoms with E-state index in [-0.39, 0.29) is 5.91 Å². The average molecular weight is 299 g/mol. The van der Waals surface area contributed by atoms with Crippen molar-refractivity contribution >= 4 is 11.6 Å². The highest BCUT2D eigenvalue weighted by Gasteiger charge is 2.06. The second-order valence-electron chi connectivity index (χ2n) is 5.41. The van der Waals surface area contributed by atoms with Gasteiger partial charge in [0.25, 0.3) is 5.91 Å². The molecule has 1 amide bonds. The summed E-state index contributed by atoms with van der Waals surface area (Å²) in [4.78, 5) is 12.1. The predicted octanol–water partition coefficient (Wildman–Crippen LogP) is 3.98. The monoisotopic (exact) mass is 299 g/mol. The van der Waals surface area contributed by atoms with Crippen LogP contribution >= 0.6 is 0 Å². The van der Waals surface area contributed by atoms with Crippen molar-refractivity contribution in [1.29, 1.82) is 0 Å². The highest BCUT2D eigenvalue weighted by molar-refractivity contribution is 6.04. The van der Waals surface area contributed by atoms with Crippen molar-refractivity contribution in [2.24, 2.45) is 5.92 Å². The number of methoxy groups -OCH3 is 1. The summed E-state index contributed by atoms with van der Waals surface area (Å²) in [6.45, 7) is 4.88. The maximum absolute atomic E-state index is 12.1. The number of carbonyl (C=O) groups excluding carboxylic acids is 1. The van der Waals surface area contributed by atoms with Gasteiger partial charge in [0.2, 0.25) is 0 Å². The Morgan fingerprint density at radius 1 is 1.00 bits per heavy atom. The third-order valence-electron chi connectivity index (χ3n) is 3.05. The van der Waals surface area contributed by atoms with Gasteiger partial charge in [-0.15, -0.1) is 0 Å². The molecular weight excluding hydrogens is 278 g/mol. The number of rotatable bonds is 6. The fourth-order valence-electron chi connectivity index (χ4n) is 1.84. The van der Waals surface area contributed by atoms with E-state index in [1.807, 2.05) is 24.3 Å². The van der Waals surface area contributed by atoms with E-state index in [0.29, 0.717) is 18.1 Å². The lowest BCUT2D eigenvalue weighted by molar-refractivity contribution is 0.102. The zero-order valence-corrected chi connectivity index (χ0v) is 13.1. The molecule has 0 fully saturated rings. The first-order chi connectivity index (χ1) is 10.6. The van der Waals surface area contributed by atoms with E-state index in [4.69, 9.17) is 9.47 Å². The molecule has 1 N–H and O–H groups in total. The van der Waals surface area contributed by atoms with Crippen molar-refractivity contribution in [3.63, 3.8) is 0 Å². The molecule has 0 spiro atoms. The number of amides is 1. The lowest BCUT2D eigenvalue weighted by Crippen LogP contribution is -2.11. The molecule has 22 heavy (non-hydrogen) atoms. The van der Waals surface area contributed by atoms with Crippen molar-refractivity contribution in [2.45, 2.75) is 13.8 Å². The minimum absolute atomic E-state index is 0.154. The Hall–Kier alpha value is -2.49. The van der Waals surface area contributed by atoms with Crippen LogP contribution in [0.5, 0.6) is 11.5 Å². The Morgan fingerprint density at radius 2 is 1.59 bits per heavy atom. The van der Waals surface area contributed by atoms with Gasteiger partial charge in [-0.05, 0) is 54.4 Å². The number of ether oxygens (including phenoxy) is 2. The van der Waals surface area contributed by atoms with Gasteiger partial charge in [-0.25, -0.2) is 0 Å². The van der Waals surface area contributed by atoms with Gasteiger partial charge in [0.05, 0.1) is 13.7 Å². The first-order valence-electron chi connectivity index (χ1n) is 7.26. The lowest BCUT2D eigenvalue weighted by Gasteiger charge is -2.10. The van der Waals surface area contributed by atoms with Crippen LogP contribution in [-0.2, 0) is 0 Å². The zero-order valence-electron chi connectivity index (χ0n) is 13.1. The first-order valence-corrected chi connectivity index (χ1v) is 7.26. The van der Waals surface area contributed by atoms with Crippen LogP contribution < -0.4 is 14.8 Å². The van der Waals surface area contributed by atoms with E-state index in [1.165, 1.54) is 0 Å². The highest BCUT2D eigenvalue weighted by Crippen LogP contribution is 2.18. The minimum atomic E-state index is -0.154. The lowest BCUT2D eigenvalue weighted by atomic mass is 10.2. The quantitative estimate of drug-likeness (QED) is 0.877. The third kappa shape index (κ3) is 4.52. The van der Waals surface area contributed by atoms with Gasteiger partial charge >= 0.3 is 0 Å². The van der Waals surface area contributed by atoms with Crippen molar-refractivity contribution in [1.82, 2.24) is 0 Å². The largest absolute Gasteiger partial charge is 0.497 e. The van der Waals surface area contributed by atoms with Gasteiger partial charge in [0.1, 0.15) is 11.5 Å². The smallest absolute Gasteiger partial charge is 0.255 e. The SMILES string of the molecule is COc1ccc(C(=O)Nc2ccc(OCC(C)C)cc2)cc1. The highest BCUT2D eigenvalue weighted by atomic mass is 16.5. The summed E-state index contributed by atoms with van der Waals surface area (Å²) in [5, 5.41) is 2.85. The Kier molecular flexibility index (Phi) is 5.42. The Bertz CT molecular complexity index is 603. The molecular formula is C18H21NO3. The molecule has 0 aromatic heterocycles. The molecule has 0 radical (unpaired) electrons. The first kappa shape index (κ1) is 15.9. The maximum Gasteiger partial charge on any atom is 0.255 e. The van der Waals surface area contributed by atoms with Crippen LogP contribution in [0, 0.1) is 5.92 Å². The standard InChI is InChI=1S/C18H21NO3/c1-13(2)12-22-17-10-6-15(7-11-17)19-18(20)14-4-8-16(21-3)9-5-14/h4-11,13H,12H2,1-3H3,(H,19,20). The molecule has 4 nitrogen and oxygen atoms in total. The molecule has 0 bridgehead atoms. The summed E-state index contributed by atoms with van der Waals surface area (Å²) >= 11 is 0. The molecule has 116 valence electrons. The summed E-state index contributed by atoms with van der Waals surface area (Å²) in [5.41, 5.74) is 1.32. The molecule has 2 aromatic carbocycles. The fraction of sp³-hybridized carbons (Fsp3) is 0.278. The van der Waals surface area contributed by atoms with Gasteiger partial charge in [-0.2, -0.15) is 0 Å². The van der Waals surface area contributed by atoms with Crippen LogP contribution in [-0.4, -0.2) is 19.6 Å². The number of carbonyl (C=O) groups is 1.